The first-order chi connectivity index (χ1) is 12.5. The standard InChI is InChI=1S/C18H30N4O3S/c1-3-19-18(20-8-10-22-11-14-26(23,24)15-12-22)21-9-13-25-17-6-4-16(2)5-7-17/h4-7H,3,8-15H2,1-2H3,(H2,19,20,21). The van der Waals surface area contributed by atoms with Gasteiger partial charge in [0, 0.05) is 26.2 Å². The second-order valence-electron chi connectivity index (χ2n) is 6.34. The maximum Gasteiger partial charge on any atom is 0.191 e. The normalized spacial score (nSPS) is 17.7. The summed E-state index contributed by atoms with van der Waals surface area (Å²) in [5.41, 5.74) is 1.21. The molecule has 2 N–H and O–H groups in total. The average molecular weight is 383 g/mol. The minimum atomic E-state index is -2.82. The summed E-state index contributed by atoms with van der Waals surface area (Å²) in [5.74, 6) is 2.13. The highest BCUT2D eigenvalue weighted by Crippen LogP contribution is 2.10. The SMILES string of the molecule is CCNC(=NCCN1CCS(=O)(=O)CC1)NCCOc1ccc(C)cc1. The predicted molar refractivity (Wildman–Crippen MR) is 106 cm³/mol. The minimum absolute atomic E-state index is 0.255. The van der Waals surface area contributed by atoms with Crippen LogP contribution in [-0.2, 0) is 9.84 Å². The van der Waals surface area contributed by atoms with Crippen LogP contribution in [0, 0.1) is 6.92 Å². The number of guanidine groups is 1. The van der Waals surface area contributed by atoms with Crippen molar-refractivity contribution in [2.24, 2.45) is 4.99 Å². The maximum absolute atomic E-state index is 11.4. The van der Waals surface area contributed by atoms with Crippen LogP contribution in [0.4, 0.5) is 0 Å². The van der Waals surface area contributed by atoms with Gasteiger partial charge in [-0.05, 0) is 26.0 Å². The van der Waals surface area contributed by atoms with Crippen LogP contribution in [-0.4, -0.2) is 76.7 Å². The van der Waals surface area contributed by atoms with Crippen LogP contribution in [0.2, 0.25) is 0 Å². The third-order valence-electron chi connectivity index (χ3n) is 4.15. The lowest BCUT2D eigenvalue weighted by atomic mass is 10.2. The summed E-state index contributed by atoms with van der Waals surface area (Å²) in [6.07, 6.45) is 0. The Hall–Kier alpha value is -1.80. The third kappa shape index (κ3) is 7.61. The van der Waals surface area contributed by atoms with Crippen LogP contribution < -0.4 is 15.4 Å². The number of sulfone groups is 1. The van der Waals surface area contributed by atoms with Crippen molar-refractivity contribution in [3.05, 3.63) is 29.8 Å². The van der Waals surface area contributed by atoms with Crippen LogP contribution in [0.1, 0.15) is 12.5 Å². The van der Waals surface area contributed by atoms with Crippen LogP contribution in [0.5, 0.6) is 5.75 Å². The summed E-state index contributed by atoms with van der Waals surface area (Å²) in [6, 6.07) is 7.99. The number of nitrogens with one attached hydrogen (secondary N) is 2. The van der Waals surface area contributed by atoms with Crippen LogP contribution in [0.15, 0.2) is 29.3 Å². The molecule has 0 unspecified atom stereocenters. The van der Waals surface area contributed by atoms with Crippen molar-refractivity contribution in [1.82, 2.24) is 15.5 Å². The Kier molecular flexibility index (Phi) is 8.18. The van der Waals surface area contributed by atoms with E-state index in [1.54, 1.807) is 0 Å². The Morgan fingerprint density at radius 1 is 1.19 bits per heavy atom. The van der Waals surface area contributed by atoms with E-state index < -0.39 is 9.84 Å². The number of nitrogens with zero attached hydrogens (tertiary/aromatic N) is 2. The van der Waals surface area contributed by atoms with Gasteiger partial charge in [0.2, 0.25) is 0 Å². The van der Waals surface area contributed by atoms with E-state index in [2.05, 4.69) is 20.5 Å². The largest absolute Gasteiger partial charge is 0.492 e. The van der Waals surface area contributed by atoms with Crippen molar-refractivity contribution in [3.8, 4) is 5.75 Å². The molecular formula is C18H30N4O3S. The molecule has 1 aliphatic rings. The predicted octanol–water partition coefficient (Wildman–Crippen LogP) is 0.659. The fourth-order valence-corrected chi connectivity index (χ4v) is 3.87. The van der Waals surface area contributed by atoms with E-state index in [-0.39, 0.29) is 11.5 Å². The molecule has 1 aromatic rings. The number of rotatable bonds is 8. The van der Waals surface area contributed by atoms with E-state index >= 15 is 0 Å². The number of hydrogen-bond acceptors (Lipinski definition) is 5. The van der Waals surface area contributed by atoms with E-state index in [0.29, 0.717) is 32.8 Å². The molecule has 1 aliphatic heterocycles. The van der Waals surface area contributed by atoms with Gasteiger partial charge in [-0.3, -0.25) is 9.89 Å². The van der Waals surface area contributed by atoms with Gasteiger partial charge in [-0.25, -0.2) is 8.42 Å². The van der Waals surface area contributed by atoms with Gasteiger partial charge in [0.1, 0.15) is 12.4 Å². The van der Waals surface area contributed by atoms with Crippen molar-refractivity contribution < 1.29 is 13.2 Å². The lowest BCUT2D eigenvalue weighted by molar-refractivity contribution is 0.304. The van der Waals surface area contributed by atoms with Gasteiger partial charge in [-0.2, -0.15) is 0 Å². The molecule has 1 fully saturated rings. The van der Waals surface area contributed by atoms with Crippen LogP contribution in [0.25, 0.3) is 0 Å². The molecule has 0 saturated carbocycles. The van der Waals surface area contributed by atoms with Gasteiger partial charge in [-0.15, -0.1) is 0 Å². The van der Waals surface area contributed by atoms with Gasteiger partial charge in [-0.1, -0.05) is 17.7 Å². The molecule has 0 bridgehead atoms. The summed E-state index contributed by atoms with van der Waals surface area (Å²) in [7, 11) is -2.82. The molecule has 0 amide bonds. The van der Waals surface area contributed by atoms with Crippen molar-refractivity contribution in [3.63, 3.8) is 0 Å². The second kappa shape index (κ2) is 10.4. The Morgan fingerprint density at radius 3 is 2.54 bits per heavy atom. The zero-order valence-corrected chi connectivity index (χ0v) is 16.5. The Bertz CT molecular complexity index is 660. The van der Waals surface area contributed by atoms with Gasteiger partial charge in [0.15, 0.2) is 15.8 Å². The molecule has 0 aliphatic carbocycles. The van der Waals surface area contributed by atoms with E-state index in [4.69, 9.17) is 4.74 Å². The molecule has 0 aromatic heterocycles. The first kappa shape index (κ1) is 20.5. The monoisotopic (exact) mass is 382 g/mol. The molecule has 2 rings (SSSR count). The first-order valence-electron chi connectivity index (χ1n) is 9.13. The van der Waals surface area contributed by atoms with Crippen LogP contribution >= 0.6 is 0 Å². The highest BCUT2D eigenvalue weighted by Gasteiger charge is 2.20. The number of ether oxygens (including phenoxy) is 1. The van der Waals surface area contributed by atoms with Crippen molar-refractivity contribution in [1.29, 1.82) is 0 Å². The quantitative estimate of drug-likeness (QED) is 0.390. The molecule has 8 heteroatoms. The van der Waals surface area contributed by atoms with Crippen molar-refractivity contribution in [2.45, 2.75) is 13.8 Å². The van der Waals surface area contributed by atoms with Crippen molar-refractivity contribution >= 4 is 15.8 Å². The van der Waals surface area contributed by atoms with Gasteiger partial charge in [0.05, 0.1) is 24.6 Å². The summed E-state index contributed by atoms with van der Waals surface area (Å²) < 4.78 is 28.6. The summed E-state index contributed by atoms with van der Waals surface area (Å²) >= 11 is 0. The zero-order chi connectivity index (χ0) is 18.8. The summed E-state index contributed by atoms with van der Waals surface area (Å²) in [6.45, 7) is 8.67. The van der Waals surface area contributed by atoms with Crippen LogP contribution in [0.3, 0.4) is 0 Å². The highest BCUT2D eigenvalue weighted by atomic mass is 32.2. The minimum Gasteiger partial charge on any atom is -0.492 e. The molecular weight excluding hydrogens is 352 g/mol. The van der Waals surface area contributed by atoms with Gasteiger partial charge >= 0.3 is 0 Å². The smallest absolute Gasteiger partial charge is 0.191 e. The van der Waals surface area contributed by atoms with E-state index in [0.717, 1.165) is 24.8 Å². The van der Waals surface area contributed by atoms with Gasteiger partial charge in [0.25, 0.3) is 0 Å². The molecule has 0 atom stereocenters. The molecule has 26 heavy (non-hydrogen) atoms. The topological polar surface area (TPSA) is 83.0 Å². The molecule has 7 nitrogen and oxygen atoms in total. The Balaban J connectivity index is 1.68. The first-order valence-corrected chi connectivity index (χ1v) is 10.9. The van der Waals surface area contributed by atoms with Gasteiger partial charge < -0.3 is 15.4 Å². The number of aryl methyl sites for hydroxylation is 1. The average Bonchev–Trinajstić information content (AvgIpc) is 2.61. The highest BCUT2D eigenvalue weighted by molar-refractivity contribution is 7.91. The second-order valence-corrected chi connectivity index (χ2v) is 8.65. The molecule has 0 spiro atoms. The Labute approximate surface area is 156 Å². The van der Waals surface area contributed by atoms with Crippen molar-refractivity contribution in [2.75, 3.05) is 57.4 Å². The zero-order valence-electron chi connectivity index (χ0n) is 15.7. The summed E-state index contributed by atoms with van der Waals surface area (Å²) in [4.78, 5) is 6.70. The molecule has 146 valence electrons. The molecule has 1 heterocycles. The molecule has 1 aromatic carbocycles. The maximum atomic E-state index is 11.4. The summed E-state index contributed by atoms with van der Waals surface area (Å²) in [5, 5.41) is 6.46. The molecule has 0 radical (unpaired) electrons. The van der Waals surface area contributed by atoms with E-state index in [9.17, 15) is 8.42 Å². The van der Waals surface area contributed by atoms with E-state index in [1.807, 2.05) is 38.1 Å². The number of hydrogen-bond donors (Lipinski definition) is 2. The Morgan fingerprint density at radius 2 is 1.88 bits per heavy atom. The fourth-order valence-electron chi connectivity index (χ4n) is 2.59. The fraction of sp³-hybridized carbons (Fsp3) is 0.611. The lowest BCUT2D eigenvalue weighted by Crippen LogP contribution is -2.42. The van der Waals surface area contributed by atoms with E-state index in [1.165, 1.54) is 5.56 Å². The third-order valence-corrected chi connectivity index (χ3v) is 5.76. The lowest BCUT2D eigenvalue weighted by Gasteiger charge is -2.25. The molecule has 1 saturated heterocycles. The number of aliphatic imine (C=N–C) groups is 1. The number of benzene rings is 1.